The molecule has 0 saturated heterocycles. The second kappa shape index (κ2) is 12.3. The minimum Gasteiger partial charge on any atom is -0.461 e. The average molecular weight is 534 g/mol. The molecule has 3 aromatic rings. The largest absolute Gasteiger partial charge is 0.461 e. The number of nitrogens with zero attached hydrogens (tertiary/aromatic N) is 2. The van der Waals surface area contributed by atoms with Gasteiger partial charge >= 0.3 is 0 Å². The Morgan fingerprint density at radius 2 is 1.84 bits per heavy atom. The van der Waals surface area contributed by atoms with Crippen molar-refractivity contribution >= 4 is 46.8 Å². The Bertz CT molecular complexity index is 980. The minimum absolute atomic E-state index is 0. The van der Waals surface area contributed by atoms with E-state index in [0.717, 1.165) is 54.2 Å². The Morgan fingerprint density at radius 3 is 2.58 bits per heavy atom. The summed E-state index contributed by atoms with van der Waals surface area (Å²) in [5.41, 5.74) is 2.74. The maximum absolute atomic E-state index is 12.1. The number of aliphatic imine (C=N–C) groups is 1. The van der Waals surface area contributed by atoms with Crippen LogP contribution in [0.15, 0.2) is 64.0 Å². The van der Waals surface area contributed by atoms with E-state index >= 15 is 0 Å². The molecular formula is C24H31IN4O2. The highest BCUT2D eigenvalue weighted by atomic mass is 127. The second-order valence-corrected chi connectivity index (χ2v) is 7.34. The molecule has 31 heavy (non-hydrogen) atoms. The lowest BCUT2D eigenvalue weighted by molar-refractivity contribution is 0.0827. The van der Waals surface area contributed by atoms with E-state index < -0.39 is 0 Å². The minimum atomic E-state index is 0. The van der Waals surface area contributed by atoms with Gasteiger partial charge in [-0.2, -0.15) is 0 Å². The van der Waals surface area contributed by atoms with E-state index in [9.17, 15) is 4.79 Å². The number of carbonyl (C=O) groups excluding carboxylic acids is 1. The summed E-state index contributed by atoms with van der Waals surface area (Å²) in [7, 11) is 3.53. The van der Waals surface area contributed by atoms with E-state index in [2.05, 4.69) is 27.8 Å². The van der Waals surface area contributed by atoms with Gasteiger partial charge in [0.25, 0.3) is 5.91 Å². The molecule has 0 unspecified atom stereocenters. The molecule has 6 nitrogen and oxygen atoms in total. The van der Waals surface area contributed by atoms with Crippen LogP contribution in [0.2, 0.25) is 0 Å². The molecule has 0 bridgehead atoms. The molecule has 0 saturated carbocycles. The van der Waals surface area contributed by atoms with Crippen LogP contribution >= 0.6 is 24.0 Å². The zero-order valence-electron chi connectivity index (χ0n) is 18.4. The monoisotopic (exact) mass is 534 g/mol. The molecule has 166 valence electrons. The number of hydrogen-bond donors (Lipinski definition) is 2. The number of para-hydroxylation sites is 1. The second-order valence-electron chi connectivity index (χ2n) is 7.34. The van der Waals surface area contributed by atoms with Crippen LogP contribution in [-0.4, -0.2) is 50.5 Å². The molecule has 2 N–H and O–H groups in total. The van der Waals surface area contributed by atoms with Crippen molar-refractivity contribution in [3.63, 3.8) is 0 Å². The van der Waals surface area contributed by atoms with Crippen LogP contribution in [0.1, 0.15) is 28.6 Å². The summed E-state index contributed by atoms with van der Waals surface area (Å²) >= 11 is 0. The van der Waals surface area contributed by atoms with Gasteiger partial charge in [0, 0.05) is 51.1 Å². The maximum Gasteiger partial charge on any atom is 0.253 e. The normalized spacial score (nSPS) is 11.1. The van der Waals surface area contributed by atoms with E-state index in [-0.39, 0.29) is 29.9 Å². The number of nitrogens with one attached hydrogen (secondary N) is 2. The Labute approximate surface area is 201 Å². The molecule has 0 spiro atoms. The Balaban J connectivity index is 0.00000341. The SMILES string of the molecule is CCNC(=NCCc1cc2ccccc2o1)NCCc1cccc(C(=O)N(C)C)c1.I. The standard InChI is InChI=1S/C24H30N4O2.HI/c1-4-25-24(27-15-13-21-17-19-9-5-6-11-22(19)30-21)26-14-12-18-8-7-10-20(16-18)23(29)28(2)3;/h5-11,16-17H,4,12-15H2,1-3H3,(H2,25,26,27);1H. The van der Waals surface area contributed by atoms with Crippen LogP contribution < -0.4 is 10.6 Å². The molecule has 0 fully saturated rings. The zero-order valence-corrected chi connectivity index (χ0v) is 20.7. The van der Waals surface area contributed by atoms with Gasteiger partial charge in [-0.05, 0) is 43.2 Å². The molecule has 3 rings (SSSR count). The Morgan fingerprint density at radius 1 is 1.03 bits per heavy atom. The van der Waals surface area contributed by atoms with Gasteiger partial charge in [0.15, 0.2) is 5.96 Å². The van der Waals surface area contributed by atoms with E-state index in [4.69, 9.17) is 4.42 Å². The van der Waals surface area contributed by atoms with E-state index in [1.807, 2.05) is 49.4 Å². The van der Waals surface area contributed by atoms with Gasteiger partial charge in [-0.1, -0.05) is 30.3 Å². The number of furan rings is 1. The molecular weight excluding hydrogens is 503 g/mol. The molecule has 0 aliphatic carbocycles. The zero-order chi connectivity index (χ0) is 21.3. The van der Waals surface area contributed by atoms with Crippen LogP contribution in [0.25, 0.3) is 11.0 Å². The lowest BCUT2D eigenvalue weighted by Crippen LogP contribution is -2.38. The van der Waals surface area contributed by atoms with Crippen LogP contribution in [0, 0.1) is 0 Å². The molecule has 1 heterocycles. The highest BCUT2D eigenvalue weighted by molar-refractivity contribution is 14.0. The van der Waals surface area contributed by atoms with E-state index in [1.165, 1.54) is 0 Å². The number of amides is 1. The number of guanidine groups is 1. The van der Waals surface area contributed by atoms with Gasteiger partial charge < -0.3 is 20.0 Å². The van der Waals surface area contributed by atoms with Gasteiger partial charge in [-0.3, -0.25) is 9.79 Å². The van der Waals surface area contributed by atoms with E-state index in [0.29, 0.717) is 12.1 Å². The fraction of sp³-hybridized carbons (Fsp3) is 0.333. The van der Waals surface area contributed by atoms with Crippen molar-refractivity contribution in [1.82, 2.24) is 15.5 Å². The molecule has 2 aromatic carbocycles. The van der Waals surface area contributed by atoms with Crippen LogP contribution in [0.4, 0.5) is 0 Å². The van der Waals surface area contributed by atoms with Gasteiger partial charge in [0.1, 0.15) is 11.3 Å². The number of carbonyl (C=O) groups is 1. The Hall–Kier alpha value is -2.55. The van der Waals surface area contributed by atoms with Crippen molar-refractivity contribution < 1.29 is 9.21 Å². The van der Waals surface area contributed by atoms with Crippen LogP contribution in [0.3, 0.4) is 0 Å². The van der Waals surface area contributed by atoms with Crippen molar-refractivity contribution in [1.29, 1.82) is 0 Å². The van der Waals surface area contributed by atoms with Gasteiger partial charge in [0.05, 0.1) is 0 Å². The fourth-order valence-electron chi connectivity index (χ4n) is 3.22. The van der Waals surface area contributed by atoms with Crippen molar-refractivity contribution in [2.45, 2.75) is 19.8 Å². The van der Waals surface area contributed by atoms with Crippen molar-refractivity contribution in [2.75, 3.05) is 33.7 Å². The predicted octanol–water partition coefficient (Wildman–Crippen LogP) is 4.09. The van der Waals surface area contributed by atoms with Crippen LogP contribution in [0.5, 0.6) is 0 Å². The smallest absolute Gasteiger partial charge is 0.253 e. The molecule has 0 aliphatic rings. The van der Waals surface area contributed by atoms with Gasteiger partial charge in [0.2, 0.25) is 0 Å². The van der Waals surface area contributed by atoms with Gasteiger partial charge in [-0.15, -0.1) is 24.0 Å². The topological polar surface area (TPSA) is 69.9 Å². The first kappa shape index (κ1) is 24.7. The first-order chi connectivity index (χ1) is 14.6. The van der Waals surface area contributed by atoms with Crippen LogP contribution in [-0.2, 0) is 12.8 Å². The fourth-order valence-corrected chi connectivity index (χ4v) is 3.22. The molecule has 0 atom stereocenters. The average Bonchev–Trinajstić information content (AvgIpc) is 3.16. The Kier molecular flexibility index (Phi) is 9.84. The van der Waals surface area contributed by atoms with Gasteiger partial charge in [-0.25, -0.2) is 0 Å². The highest BCUT2D eigenvalue weighted by Gasteiger charge is 2.08. The lowest BCUT2D eigenvalue weighted by Gasteiger charge is -2.13. The quantitative estimate of drug-likeness (QED) is 0.260. The number of halogens is 1. The molecule has 0 aliphatic heterocycles. The number of hydrogen-bond acceptors (Lipinski definition) is 3. The van der Waals surface area contributed by atoms with E-state index in [1.54, 1.807) is 19.0 Å². The first-order valence-corrected chi connectivity index (χ1v) is 10.4. The third-order valence-electron chi connectivity index (χ3n) is 4.74. The lowest BCUT2D eigenvalue weighted by atomic mass is 10.1. The summed E-state index contributed by atoms with van der Waals surface area (Å²) in [5.74, 6) is 1.75. The predicted molar refractivity (Wildman–Crippen MR) is 137 cm³/mol. The molecule has 7 heteroatoms. The molecule has 1 amide bonds. The third kappa shape index (κ3) is 7.27. The third-order valence-corrected chi connectivity index (χ3v) is 4.74. The molecule has 1 aromatic heterocycles. The van der Waals surface area contributed by atoms with Crippen molar-refractivity contribution in [3.05, 3.63) is 71.5 Å². The highest BCUT2D eigenvalue weighted by Crippen LogP contribution is 2.19. The summed E-state index contributed by atoms with van der Waals surface area (Å²) < 4.78 is 5.86. The summed E-state index contributed by atoms with van der Waals surface area (Å²) in [5, 5.41) is 7.76. The summed E-state index contributed by atoms with van der Waals surface area (Å²) in [6.07, 6.45) is 1.56. The van der Waals surface area contributed by atoms with Crippen molar-refractivity contribution in [2.24, 2.45) is 4.99 Å². The summed E-state index contributed by atoms with van der Waals surface area (Å²) in [4.78, 5) is 18.4. The number of benzene rings is 2. The number of fused-ring (bicyclic) bond motifs is 1. The number of rotatable bonds is 8. The molecule has 0 radical (unpaired) electrons. The maximum atomic E-state index is 12.1. The summed E-state index contributed by atoms with van der Waals surface area (Å²) in [6.45, 7) is 4.22. The summed E-state index contributed by atoms with van der Waals surface area (Å²) in [6, 6.07) is 17.9. The van der Waals surface area contributed by atoms with Crippen molar-refractivity contribution in [3.8, 4) is 0 Å². The first-order valence-electron chi connectivity index (χ1n) is 10.4.